The molecule has 1 aromatic carbocycles. The summed E-state index contributed by atoms with van der Waals surface area (Å²) < 4.78 is 0. The zero-order valence-corrected chi connectivity index (χ0v) is 11.0. The van der Waals surface area contributed by atoms with Gasteiger partial charge in [0.2, 0.25) is 0 Å². The molecule has 5 heteroatoms. The Bertz CT molecular complexity index is 464. The van der Waals surface area contributed by atoms with Crippen LogP contribution in [0.5, 0.6) is 5.75 Å². The number of phenols is 1. The van der Waals surface area contributed by atoms with Gasteiger partial charge in [0.25, 0.3) is 5.91 Å². The number of hydrogen-bond donors (Lipinski definition) is 2. The third kappa shape index (κ3) is 2.60. The first kappa shape index (κ1) is 13.2. The van der Waals surface area contributed by atoms with Crippen molar-refractivity contribution in [2.24, 2.45) is 11.7 Å². The Hall–Kier alpha value is -1.26. The van der Waals surface area contributed by atoms with Gasteiger partial charge < -0.3 is 15.7 Å². The van der Waals surface area contributed by atoms with Gasteiger partial charge in [-0.15, -0.1) is 0 Å². The van der Waals surface area contributed by atoms with Gasteiger partial charge in [-0.1, -0.05) is 18.5 Å². The number of benzene rings is 1. The summed E-state index contributed by atoms with van der Waals surface area (Å²) in [5.74, 6) is 0.230. The van der Waals surface area contributed by atoms with E-state index in [1.54, 1.807) is 11.0 Å². The predicted octanol–water partition coefficient (Wildman–Crippen LogP) is 1.85. The number of aromatic hydroxyl groups is 1. The number of amides is 1. The molecule has 2 rings (SSSR count). The molecular formula is C13H17ClN2O2. The van der Waals surface area contributed by atoms with Crippen LogP contribution >= 0.6 is 11.6 Å². The van der Waals surface area contributed by atoms with Gasteiger partial charge in [0.05, 0.1) is 5.02 Å². The van der Waals surface area contributed by atoms with Gasteiger partial charge in [-0.2, -0.15) is 0 Å². The second-order valence-electron chi connectivity index (χ2n) is 4.85. The molecule has 1 aliphatic rings. The second kappa shape index (κ2) is 5.16. The smallest absolute Gasteiger partial charge is 0.253 e. The molecule has 0 radical (unpaired) electrons. The number of halogens is 1. The van der Waals surface area contributed by atoms with Crippen LogP contribution in [0.25, 0.3) is 0 Å². The summed E-state index contributed by atoms with van der Waals surface area (Å²) in [6.45, 7) is 3.38. The van der Waals surface area contributed by atoms with Crippen LogP contribution in [0.1, 0.15) is 23.7 Å². The van der Waals surface area contributed by atoms with E-state index in [0.717, 1.165) is 6.42 Å². The molecule has 0 saturated carbocycles. The number of carbonyl (C=O) groups excluding carboxylic acids is 1. The standard InChI is InChI=1S/C13H17ClN2O2/c1-8-7-16(5-4-11(8)15)13(18)9-2-3-12(17)10(14)6-9/h2-3,6,8,11,17H,4-5,7,15H2,1H3. The molecule has 0 aliphatic carbocycles. The molecular weight excluding hydrogens is 252 g/mol. The quantitative estimate of drug-likeness (QED) is 0.817. The van der Waals surface area contributed by atoms with Crippen LogP contribution in [-0.4, -0.2) is 35.0 Å². The minimum Gasteiger partial charge on any atom is -0.506 e. The number of rotatable bonds is 1. The highest BCUT2D eigenvalue weighted by Crippen LogP contribution is 2.25. The average Bonchev–Trinajstić information content (AvgIpc) is 2.35. The van der Waals surface area contributed by atoms with Crippen LogP contribution in [-0.2, 0) is 0 Å². The normalized spacial score (nSPS) is 24.1. The molecule has 1 heterocycles. The minimum absolute atomic E-state index is 0.0118. The Morgan fingerprint density at radius 1 is 1.56 bits per heavy atom. The molecule has 4 nitrogen and oxygen atoms in total. The van der Waals surface area contributed by atoms with Crippen molar-refractivity contribution in [3.05, 3.63) is 28.8 Å². The fraction of sp³-hybridized carbons (Fsp3) is 0.462. The number of carbonyl (C=O) groups is 1. The molecule has 1 aromatic rings. The minimum atomic E-state index is -0.0596. The van der Waals surface area contributed by atoms with Crippen molar-refractivity contribution in [1.82, 2.24) is 4.90 Å². The van der Waals surface area contributed by atoms with Crippen LogP contribution < -0.4 is 5.73 Å². The zero-order chi connectivity index (χ0) is 13.3. The molecule has 2 unspecified atom stereocenters. The Labute approximate surface area is 111 Å². The van der Waals surface area contributed by atoms with E-state index in [0.29, 0.717) is 24.6 Å². The van der Waals surface area contributed by atoms with Gasteiger partial charge in [0.15, 0.2) is 0 Å². The largest absolute Gasteiger partial charge is 0.506 e. The van der Waals surface area contributed by atoms with Crippen molar-refractivity contribution < 1.29 is 9.90 Å². The lowest BCUT2D eigenvalue weighted by Crippen LogP contribution is -2.48. The molecule has 1 saturated heterocycles. The number of piperidine rings is 1. The third-order valence-electron chi connectivity index (χ3n) is 3.45. The molecule has 0 spiro atoms. The van der Waals surface area contributed by atoms with Crippen LogP contribution in [0.2, 0.25) is 5.02 Å². The molecule has 1 aliphatic heterocycles. The molecule has 0 bridgehead atoms. The molecule has 18 heavy (non-hydrogen) atoms. The van der Waals surface area contributed by atoms with Crippen molar-refractivity contribution in [2.75, 3.05) is 13.1 Å². The number of phenolic OH excluding ortho intramolecular Hbond substituents is 1. The maximum absolute atomic E-state index is 12.3. The molecule has 3 N–H and O–H groups in total. The third-order valence-corrected chi connectivity index (χ3v) is 3.76. The van der Waals surface area contributed by atoms with Crippen LogP contribution in [0.3, 0.4) is 0 Å². The molecule has 1 amide bonds. The Morgan fingerprint density at radius 2 is 2.28 bits per heavy atom. The lowest BCUT2D eigenvalue weighted by molar-refractivity contribution is 0.0664. The summed E-state index contributed by atoms with van der Waals surface area (Å²) in [6.07, 6.45) is 0.818. The predicted molar refractivity (Wildman–Crippen MR) is 70.8 cm³/mol. The van der Waals surface area contributed by atoms with E-state index in [4.69, 9.17) is 17.3 Å². The first-order valence-corrected chi connectivity index (χ1v) is 6.40. The fourth-order valence-electron chi connectivity index (χ4n) is 2.17. The SMILES string of the molecule is CC1CN(C(=O)c2ccc(O)c(Cl)c2)CCC1N. The molecule has 1 fully saturated rings. The molecule has 2 atom stereocenters. The van der Waals surface area contributed by atoms with Crippen molar-refractivity contribution in [1.29, 1.82) is 0 Å². The van der Waals surface area contributed by atoms with E-state index in [9.17, 15) is 9.90 Å². The van der Waals surface area contributed by atoms with Crippen molar-refractivity contribution in [2.45, 2.75) is 19.4 Å². The topological polar surface area (TPSA) is 66.6 Å². The number of nitrogens with zero attached hydrogens (tertiary/aromatic N) is 1. The van der Waals surface area contributed by atoms with E-state index in [1.807, 2.05) is 6.92 Å². The van der Waals surface area contributed by atoms with Crippen molar-refractivity contribution >= 4 is 17.5 Å². The summed E-state index contributed by atoms with van der Waals surface area (Å²) in [7, 11) is 0. The fourth-order valence-corrected chi connectivity index (χ4v) is 2.35. The monoisotopic (exact) mass is 268 g/mol. The van der Waals surface area contributed by atoms with Gasteiger partial charge in [-0.05, 0) is 30.5 Å². The second-order valence-corrected chi connectivity index (χ2v) is 5.25. The Morgan fingerprint density at radius 3 is 2.89 bits per heavy atom. The van der Waals surface area contributed by atoms with Gasteiger partial charge in [-0.3, -0.25) is 4.79 Å². The van der Waals surface area contributed by atoms with Crippen LogP contribution in [0.4, 0.5) is 0 Å². The van der Waals surface area contributed by atoms with E-state index in [2.05, 4.69) is 0 Å². The molecule has 0 aromatic heterocycles. The summed E-state index contributed by atoms with van der Waals surface area (Å²) in [5, 5.41) is 9.54. The van der Waals surface area contributed by atoms with E-state index in [1.165, 1.54) is 12.1 Å². The average molecular weight is 269 g/mol. The number of likely N-dealkylation sites (tertiary alicyclic amines) is 1. The summed E-state index contributed by atoms with van der Waals surface area (Å²) in [4.78, 5) is 14.0. The maximum Gasteiger partial charge on any atom is 0.253 e. The number of nitrogens with two attached hydrogens (primary N) is 1. The van der Waals surface area contributed by atoms with E-state index >= 15 is 0 Å². The van der Waals surface area contributed by atoms with E-state index < -0.39 is 0 Å². The first-order valence-electron chi connectivity index (χ1n) is 6.02. The Balaban J connectivity index is 2.14. The number of hydrogen-bond acceptors (Lipinski definition) is 3. The maximum atomic E-state index is 12.3. The zero-order valence-electron chi connectivity index (χ0n) is 10.3. The van der Waals surface area contributed by atoms with Crippen LogP contribution in [0.15, 0.2) is 18.2 Å². The van der Waals surface area contributed by atoms with Crippen molar-refractivity contribution in [3.8, 4) is 5.75 Å². The van der Waals surface area contributed by atoms with Gasteiger partial charge >= 0.3 is 0 Å². The Kier molecular flexibility index (Phi) is 3.78. The summed E-state index contributed by atoms with van der Waals surface area (Å²) >= 11 is 5.81. The molecule has 98 valence electrons. The lowest BCUT2D eigenvalue weighted by atomic mass is 9.94. The van der Waals surface area contributed by atoms with Crippen molar-refractivity contribution in [3.63, 3.8) is 0 Å². The van der Waals surface area contributed by atoms with E-state index in [-0.39, 0.29) is 22.7 Å². The first-order chi connectivity index (χ1) is 8.49. The van der Waals surface area contributed by atoms with Gasteiger partial charge in [0.1, 0.15) is 5.75 Å². The highest BCUT2D eigenvalue weighted by molar-refractivity contribution is 6.32. The van der Waals surface area contributed by atoms with Gasteiger partial charge in [0, 0.05) is 24.7 Å². The highest BCUT2D eigenvalue weighted by atomic mass is 35.5. The van der Waals surface area contributed by atoms with Crippen LogP contribution in [0, 0.1) is 5.92 Å². The summed E-state index contributed by atoms with van der Waals surface area (Å²) in [5.41, 5.74) is 6.43. The summed E-state index contributed by atoms with van der Waals surface area (Å²) in [6, 6.07) is 4.69. The van der Waals surface area contributed by atoms with Gasteiger partial charge in [-0.25, -0.2) is 0 Å². The lowest BCUT2D eigenvalue weighted by Gasteiger charge is -2.35. The highest BCUT2D eigenvalue weighted by Gasteiger charge is 2.27.